The van der Waals surface area contributed by atoms with E-state index in [0.29, 0.717) is 6.42 Å². The van der Waals surface area contributed by atoms with Crippen LogP contribution in [0.4, 0.5) is 0 Å². The number of carboxylic acid groups (broad SMARTS) is 1. The summed E-state index contributed by atoms with van der Waals surface area (Å²) < 4.78 is 5.32. The van der Waals surface area contributed by atoms with Crippen LogP contribution in [-0.4, -0.2) is 33.1 Å². The molecule has 0 saturated carbocycles. The van der Waals surface area contributed by atoms with Gasteiger partial charge in [-0.05, 0) is 30.4 Å². The SMILES string of the molecule is O=C(O)C1Cc2ccccc2CN1C(=O)c1noc2c1CCCC2. The molecule has 0 saturated heterocycles. The number of hydrogen-bond donors (Lipinski definition) is 1. The third-order valence-electron chi connectivity index (χ3n) is 4.95. The third kappa shape index (κ3) is 2.38. The van der Waals surface area contributed by atoms with E-state index in [0.717, 1.165) is 48.1 Å². The van der Waals surface area contributed by atoms with E-state index in [9.17, 15) is 14.7 Å². The first-order valence-electron chi connectivity index (χ1n) is 8.23. The molecule has 0 bridgehead atoms. The summed E-state index contributed by atoms with van der Waals surface area (Å²) in [6.45, 7) is 0.285. The fourth-order valence-electron chi connectivity index (χ4n) is 3.65. The number of benzene rings is 1. The van der Waals surface area contributed by atoms with Gasteiger partial charge in [0.15, 0.2) is 5.69 Å². The Kier molecular flexibility index (Phi) is 3.59. The summed E-state index contributed by atoms with van der Waals surface area (Å²) in [5, 5.41) is 13.5. The van der Waals surface area contributed by atoms with E-state index in [4.69, 9.17) is 4.52 Å². The van der Waals surface area contributed by atoms with Gasteiger partial charge < -0.3 is 14.5 Å². The van der Waals surface area contributed by atoms with Gasteiger partial charge in [0.1, 0.15) is 11.8 Å². The summed E-state index contributed by atoms with van der Waals surface area (Å²) in [6.07, 6.45) is 3.91. The molecule has 2 aromatic rings. The molecular formula is C18H18N2O4. The largest absolute Gasteiger partial charge is 0.480 e. The predicted molar refractivity (Wildman–Crippen MR) is 84.6 cm³/mol. The minimum Gasteiger partial charge on any atom is -0.480 e. The summed E-state index contributed by atoms with van der Waals surface area (Å²) in [6, 6.07) is 6.78. The molecule has 1 amide bonds. The molecule has 6 nitrogen and oxygen atoms in total. The number of hydrogen-bond acceptors (Lipinski definition) is 4. The van der Waals surface area contributed by atoms with Gasteiger partial charge in [-0.2, -0.15) is 0 Å². The van der Waals surface area contributed by atoms with Crippen molar-refractivity contribution in [1.29, 1.82) is 0 Å². The monoisotopic (exact) mass is 326 g/mol. The fraction of sp³-hybridized carbons (Fsp3) is 0.389. The molecule has 2 aliphatic rings. The van der Waals surface area contributed by atoms with Crippen molar-refractivity contribution in [3.8, 4) is 0 Å². The van der Waals surface area contributed by atoms with Gasteiger partial charge in [0.25, 0.3) is 5.91 Å². The molecule has 1 aliphatic heterocycles. The summed E-state index contributed by atoms with van der Waals surface area (Å²) in [4.78, 5) is 26.1. The van der Waals surface area contributed by atoms with Crippen molar-refractivity contribution < 1.29 is 19.2 Å². The van der Waals surface area contributed by atoms with E-state index in [1.165, 1.54) is 4.90 Å². The zero-order valence-electron chi connectivity index (χ0n) is 13.2. The van der Waals surface area contributed by atoms with E-state index in [-0.39, 0.29) is 18.1 Å². The number of aromatic nitrogens is 1. The zero-order chi connectivity index (χ0) is 16.7. The number of fused-ring (bicyclic) bond motifs is 2. The lowest BCUT2D eigenvalue weighted by Gasteiger charge is -2.34. The second-order valence-corrected chi connectivity index (χ2v) is 6.40. The van der Waals surface area contributed by atoms with Crippen molar-refractivity contribution in [2.24, 2.45) is 0 Å². The maximum absolute atomic E-state index is 13.0. The highest BCUT2D eigenvalue weighted by molar-refractivity contribution is 5.96. The molecule has 1 unspecified atom stereocenters. The van der Waals surface area contributed by atoms with Crippen molar-refractivity contribution in [2.75, 3.05) is 0 Å². The molecule has 4 rings (SSSR count). The number of carboxylic acids is 1. The minimum atomic E-state index is -0.991. The molecule has 1 aliphatic carbocycles. The highest BCUT2D eigenvalue weighted by atomic mass is 16.5. The Labute approximate surface area is 139 Å². The van der Waals surface area contributed by atoms with E-state index in [2.05, 4.69) is 5.16 Å². The Morgan fingerprint density at radius 2 is 1.92 bits per heavy atom. The topological polar surface area (TPSA) is 83.6 Å². The molecule has 1 aromatic heterocycles. The van der Waals surface area contributed by atoms with Gasteiger partial charge in [-0.25, -0.2) is 4.79 Å². The van der Waals surface area contributed by atoms with Gasteiger partial charge >= 0.3 is 5.97 Å². The second kappa shape index (κ2) is 5.78. The molecule has 0 spiro atoms. The van der Waals surface area contributed by atoms with Crippen molar-refractivity contribution in [3.63, 3.8) is 0 Å². The lowest BCUT2D eigenvalue weighted by Crippen LogP contribution is -2.49. The van der Waals surface area contributed by atoms with Crippen LogP contribution in [0.3, 0.4) is 0 Å². The molecule has 1 atom stereocenters. The lowest BCUT2D eigenvalue weighted by molar-refractivity contribution is -0.142. The summed E-state index contributed by atoms with van der Waals surface area (Å²) in [7, 11) is 0. The maximum Gasteiger partial charge on any atom is 0.326 e. The average molecular weight is 326 g/mol. The normalized spacial score (nSPS) is 19.5. The number of carbonyl (C=O) groups is 2. The van der Waals surface area contributed by atoms with Gasteiger partial charge in [0, 0.05) is 24.9 Å². The molecule has 6 heteroatoms. The van der Waals surface area contributed by atoms with Crippen LogP contribution >= 0.6 is 0 Å². The van der Waals surface area contributed by atoms with Crippen LogP contribution in [0.25, 0.3) is 0 Å². The number of rotatable bonds is 2. The summed E-state index contributed by atoms with van der Waals surface area (Å²) >= 11 is 0. The van der Waals surface area contributed by atoms with Crippen molar-refractivity contribution in [1.82, 2.24) is 10.1 Å². The molecule has 24 heavy (non-hydrogen) atoms. The number of aryl methyl sites for hydroxylation is 1. The number of amides is 1. The van der Waals surface area contributed by atoms with Crippen molar-refractivity contribution >= 4 is 11.9 Å². The predicted octanol–water partition coefficient (Wildman–Crippen LogP) is 2.21. The Hall–Kier alpha value is -2.63. The van der Waals surface area contributed by atoms with Crippen LogP contribution < -0.4 is 0 Å². The smallest absolute Gasteiger partial charge is 0.326 e. The molecule has 0 fully saturated rings. The van der Waals surface area contributed by atoms with E-state index < -0.39 is 12.0 Å². The average Bonchev–Trinajstić information content (AvgIpc) is 3.04. The summed E-state index contributed by atoms with van der Waals surface area (Å²) in [5.74, 6) is -0.562. The highest BCUT2D eigenvalue weighted by Crippen LogP contribution is 2.29. The standard InChI is InChI=1S/C18H18N2O4/c21-17(16-13-7-3-4-8-15(13)24-19-16)20-10-12-6-2-1-5-11(12)9-14(20)18(22)23/h1-2,5-6,14H,3-4,7-10H2,(H,22,23). The number of carbonyl (C=O) groups excluding carboxylic acids is 1. The molecule has 1 N–H and O–H groups in total. The van der Waals surface area contributed by atoms with Crippen LogP contribution in [0.2, 0.25) is 0 Å². The maximum atomic E-state index is 13.0. The van der Waals surface area contributed by atoms with Crippen LogP contribution in [0.15, 0.2) is 28.8 Å². The van der Waals surface area contributed by atoms with Crippen molar-refractivity contribution in [3.05, 3.63) is 52.4 Å². The molecule has 0 radical (unpaired) electrons. The summed E-state index contributed by atoms with van der Waals surface area (Å²) in [5.41, 5.74) is 3.11. The Morgan fingerprint density at radius 1 is 1.17 bits per heavy atom. The van der Waals surface area contributed by atoms with Crippen LogP contribution in [0.5, 0.6) is 0 Å². The highest BCUT2D eigenvalue weighted by Gasteiger charge is 2.37. The van der Waals surface area contributed by atoms with E-state index in [1.54, 1.807) is 0 Å². The van der Waals surface area contributed by atoms with Gasteiger partial charge in [-0.1, -0.05) is 29.4 Å². The first-order chi connectivity index (χ1) is 11.6. The van der Waals surface area contributed by atoms with E-state index >= 15 is 0 Å². The van der Waals surface area contributed by atoms with Gasteiger partial charge in [0.05, 0.1) is 0 Å². The minimum absolute atomic E-state index is 0.285. The van der Waals surface area contributed by atoms with E-state index in [1.807, 2.05) is 24.3 Å². The first kappa shape index (κ1) is 14.9. The molecular weight excluding hydrogens is 308 g/mol. The molecule has 1 aromatic carbocycles. The molecule has 124 valence electrons. The Bertz CT molecular complexity index is 811. The van der Waals surface area contributed by atoms with Crippen LogP contribution in [-0.2, 0) is 30.6 Å². The fourth-order valence-corrected chi connectivity index (χ4v) is 3.65. The zero-order valence-corrected chi connectivity index (χ0v) is 13.2. The van der Waals surface area contributed by atoms with Gasteiger partial charge in [0.2, 0.25) is 0 Å². The second-order valence-electron chi connectivity index (χ2n) is 6.40. The van der Waals surface area contributed by atoms with Gasteiger partial charge in [-0.3, -0.25) is 4.79 Å². The Balaban J connectivity index is 1.70. The first-order valence-corrected chi connectivity index (χ1v) is 8.23. The Morgan fingerprint density at radius 3 is 2.71 bits per heavy atom. The van der Waals surface area contributed by atoms with Crippen molar-refractivity contribution in [2.45, 2.75) is 44.7 Å². The van der Waals surface area contributed by atoms with Gasteiger partial charge in [-0.15, -0.1) is 0 Å². The van der Waals surface area contributed by atoms with Crippen LogP contribution in [0, 0.1) is 0 Å². The quantitative estimate of drug-likeness (QED) is 0.915. The number of aliphatic carboxylic acids is 1. The molecule has 2 heterocycles. The lowest BCUT2D eigenvalue weighted by atomic mass is 9.92. The number of nitrogens with zero attached hydrogens (tertiary/aromatic N) is 2. The third-order valence-corrected chi connectivity index (χ3v) is 4.95. The van der Waals surface area contributed by atoms with Crippen LogP contribution in [0.1, 0.15) is 45.8 Å².